The molecule has 210 valence electrons. The number of aliphatic hydroxyl groups excluding tert-OH is 1. The molecule has 5 atom stereocenters. The van der Waals surface area contributed by atoms with Crippen LogP contribution in [0.25, 0.3) is 0 Å². The summed E-state index contributed by atoms with van der Waals surface area (Å²) in [7, 11) is 3.29. The van der Waals surface area contributed by atoms with Crippen molar-refractivity contribution in [2.24, 2.45) is 5.92 Å². The van der Waals surface area contributed by atoms with Crippen molar-refractivity contribution in [3.63, 3.8) is 0 Å². The maximum atomic E-state index is 11.1. The first-order valence-corrected chi connectivity index (χ1v) is 13.8. The van der Waals surface area contributed by atoms with E-state index in [-0.39, 0.29) is 12.5 Å². The lowest BCUT2D eigenvalue weighted by Crippen LogP contribution is -2.37. The molecule has 1 saturated carbocycles. The summed E-state index contributed by atoms with van der Waals surface area (Å²) in [4.78, 5) is 0. The molecule has 0 aromatic heterocycles. The summed E-state index contributed by atoms with van der Waals surface area (Å²) in [6.07, 6.45) is -2.41. The van der Waals surface area contributed by atoms with Crippen LogP contribution < -0.4 is 9.47 Å². The minimum Gasteiger partial charge on any atom is -0.497 e. The van der Waals surface area contributed by atoms with E-state index in [9.17, 15) is 5.11 Å². The van der Waals surface area contributed by atoms with Gasteiger partial charge in [-0.3, -0.25) is 0 Å². The Kier molecular flexibility index (Phi) is 7.65. The molecule has 2 fully saturated rings. The van der Waals surface area contributed by atoms with E-state index in [1.807, 2.05) is 84.9 Å². The van der Waals surface area contributed by atoms with Crippen molar-refractivity contribution in [2.75, 3.05) is 20.8 Å². The SMILES string of the molecule is C=C1[C@H](O)[C@@H]2O[C@H](c3ccc(OC)cc3)O[C@@H]2[C@H]1COC(c1ccccc1)(c1ccccc1)c1ccc(OC)cc1. The number of aliphatic hydroxyl groups is 1. The molecule has 1 saturated heterocycles. The number of methoxy groups -OCH3 is 2. The molecule has 4 aromatic carbocycles. The Balaban J connectivity index is 1.35. The Morgan fingerprint density at radius 2 is 1.17 bits per heavy atom. The molecule has 6 rings (SSSR count). The van der Waals surface area contributed by atoms with E-state index in [4.69, 9.17) is 23.7 Å². The molecule has 0 amide bonds. The Bertz CT molecular complexity index is 1410. The van der Waals surface area contributed by atoms with Gasteiger partial charge in [0.2, 0.25) is 0 Å². The third-order valence-corrected chi connectivity index (χ3v) is 8.17. The highest BCUT2D eigenvalue weighted by atomic mass is 16.7. The molecular formula is C35H34O6. The van der Waals surface area contributed by atoms with Crippen LogP contribution in [0.3, 0.4) is 0 Å². The summed E-state index contributed by atoms with van der Waals surface area (Å²) in [6.45, 7) is 4.49. The molecule has 0 unspecified atom stereocenters. The first-order chi connectivity index (χ1) is 20.0. The second-order valence-corrected chi connectivity index (χ2v) is 10.4. The summed E-state index contributed by atoms with van der Waals surface area (Å²) in [5, 5.41) is 11.1. The lowest BCUT2D eigenvalue weighted by molar-refractivity contribution is -0.0972. The van der Waals surface area contributed by atoms with Crippen molar-refractivity contribution in [3.05, 3.63) is 144 Å². The van der Waals surface area contributed by atoms with Crippen molar-refractivity contribution in [1.29, 1.82) is 0 Å². The average molecular weight is 551 g/mol. The van der Waals surface area contributed by atoms with Gasteiger partial charge in [0.15, 0.2) is 6.29 Å². The molecular weight excluding hydrogens is 516 g/mol. The lowest BCUT2D eigenvalue weighted by Gasteiger charge is -2.37. The van der Waals surface area contributed by atoms with Gasteiger partial charge in [-0.15, -0.1) is 0 Å². The van der Waals surface area contributed by atoms with Crippen LogP contribution in [0.2, 0.25) is 0 Å². The van der Waals surface area contributed by atoms with E-state index in [1.54, 1.807) is 14.2 Å². The summed E-state index contributed by atoms with van der Waals surface area (Å²) in [5.41, 5.74) is 3.49. The van der Waals surface area contributed by atoms with E-state index in [0.717, 1.165) is 33.8 Å². The average Bonchev–Trinajstić information content (AvgIpc) is 3.57. The van der Waals surface area contributed by atoms with Crippen LogP contribution in [0, 0.1) is 5.92 Å². The second kappa shape index (κ2) is 11.5. The van der Waals surface area contributed by atoms with Gasteiger partial charge < -0.3 is 28.8 Å². The number of hydrogen-bond donors (Lipinski definition) is 1. The van der Waals surface area contributed by atoms with Gasteiger partial charge in [0.25, 0.3) is 0 Å². The molecule has 41 heavy (non-hydrogen) atoms. The van der Waals surface area contributed by atoms with E-state index in [2.05, 4.69) is 30.8 Å². The zero-order chi connectivity index (χ0) is 28.4. The van der Waals surface area contributed by atoms with Gasteiger partial charge in [-0.2, -0.15) is 0 Å². The van der Waals surface area contributed by atoms with Gasteiger partial charge in [-0.1, -0.05) is 91.5 Å². The van der Waals surface area contributed by atoms with Crippen LogP contribution in [-0.4, -0.2) is 44.2 Å². The zero-order valence-corrected chi connectivity index (χ0v) is 23.2. The summed E-state index contributed by atoms with van der Waals surface area (Å²) >= 11 is 0. The van der Waals surface area contributed by atoms with Crippen LogP contribution >= 0.6 is 0 Å². The van der Waals surface area contributed by atoms with Gasteiger partial charge in [0.05, 0.1) is 26.9 Å². The highest BCUT2D eigenvalue weighted by molar-refractivity contribution is 5.48. The van der Waals surface area contributed by atoms with Crippen LogP contribution in [-0.2, 0) is 19.8 Å². The van der Waals surface area contributed by atoms with Crippen LogP contribution in [0.5, 0.6) is 11.5 Å². The smallest absolute Gasteiger partial charge is 0.184 e. The molecule has 0 radical (unpaired) electrons. The summed E-state index contributed by atoms with van der Waals surface area (Å²) < 4.78 is 30.5. The maximum Gasteiger partial charge on any atom is 0.184 e. The largest absolute Gasteiger partial charge is 0.497 e. The molecule has 6 nitrogen and oxygen atoms in total. The quantitative estimate of drug-likeness (QED) is 0.202. The van der Waals surface area contributed by atoms with Crippen LogP contribution in [0.1, 0.15) is 28.5 Å². The fraction of sp³-hybridized carbons (Fsp3) is 0.257. The monoisotopic (exact) mass is 550 g/mol. The van der Waals surface area contributed by atoms with Gasteiger partial charge in [0, 0.05) is 11.5 Å². The number of rotatable bonds is 9. The number of ether oxygens (including phenoxy) is 5. The minimum atomic E-state index is -0.938. The maximum absolute atomic E-state index is 11.1. The first-order valence-electron chi connectivity index (χ1n) is 13.8. The lowest BCUT2D eigenvalue weighted by atomic mass is 9.80. The van der Waals surface area contributed by atoms with Crippen LogP contribution in [0.15, 0.2) is 121 Å². The molecule has 1 aliphatic heterocycles. The minimum absolute atomic E-state index is 0.256. The van der Waals surface area contributed by atoms with Crippen molar-refractivity contribution >= 4 is 0 Å². The Morgan fingerprint density at radius 1 is 0.683 bits per heavy atom. The molecule has 4 aromatic rings. The van der Waals surface area contributed by atoms with Gasteiger partial charge in [-0.05, 0) is 46.5 Å². The molecule has 1 aliphatic carbocycles. The first kappa shape index (κ1) is 27.2. The number of fused-ring (bicyclic) bond motifs is 1. The van der Waals surface area contributed by atoms with Crippen molar-refractivity contribution in [2.45, 2.75) is 30.2 Å². The number of benzene rings is 4. The van der Waals surface area contributed by atoms with E-state index in [1.165, 1.54) is 0 Å². The molecule has 1 N–H and O–H groups in total. The molecule has 1 heterocycles. The highest BCUT2D eigenvalue weighted by Crippen LogP contribution is 2.47. The van der Waals surface area contributed by atoms with E-state index < -0.39 is 30.2 Å². The van der Waals surface area contributed by atoms with Crippen LogP contribution in [0.4, 0.5) is 0 Å². The Labute approximate surface area is 240 Å². The fourth-order valence-electron chi connectivity index (χ4n) is 5.95. The fourth-order valence-corrected chi connectivity index (χ4v) is 5.95. The van der Waals surface area contributed by atoms with Crippen molar-refractivity contribution < 1.29 is 28.8 Å². The van der Waals surface area contributed by atoms with Gasteiger partial charge in [-0.25, -0.2) is 0 Å². The van der Waals surface area contributed by atoms with E-state index in [0.29, 0.717) is 5.57 Å². The summed E-state index contributed by atoms with van der Waals surface area (Å²) in [6, 6.07) is 35.9. The normalized spacial score (nSPS) is 23.8. The second-order valence-electron chi connectivity index (χ2n) is 10.4. The van der Waals surface area contributed by atoms with Gasteiger partial charge in [0.1, 0.15) is 29.3 Å². The van der Waals surface area contributed by atoms with Gasteiger partial charge >= 0.3 is 0 Å². The predicted octanol–water partition coefficient (Wildman–Crippen LogP) is 6.04. The molecule has 0 bridgehead atoms. The topological polar surface area (TPSA) is 66.4 Å². The third-order valence-electron chi connectivity index (χ3n) is 8.17. The Morgan fingerprint density at radius 3 is 1.71 bits per heavy atom. The number of hydrogen-bond acceptors (Lipinski definition) is 6. The summed E-state index contributed by atoms with van der Waals surface area (Å²) in [5.74, 6) is 1.23. The Hall–Kier alpha value is -3.94. The van der Waals surface area contributed by atoms with E-state index >= 15 is 0 Å². The van der Waals surface area contributed by atoms with Crippen molar-refractivity contribution in [3.8, 4) is 11.5 Å². The molecule has 6 heteroatoms. The standard InChI is InChI=1S/C35H34O6/c1-23-30(32-33(31(23)36)41-34(40-32)24-14-18-28(37-2)19-15-24)22-39-35(25-10-6-4-7-11-25,26-12-8-5-9-13-26)27-16-20-29(38-3)21-17-27/h4-21,30-34,36H,1,22H2,2-3H3/t30-,31-,32+,33-,34+/m0/s1. The predicted molar refractivity (Wildman–Crippen MR) is 156 cm³/mol. The van der Waals surface area contributed by atoms with Crippen molar-refractivity contribution in [1.82, 2.24) is 0 Å². The highest BCUT2D eigenvalue weighted by Gasteiger charge is 2.54. The molecule has 0 spiro atoms. The zero-order valence-electron chi connectivity index (χ0n) is 23.2. The third kappa shape index (κ3) is 4.94. The molecule has 2 aliphatic rings.